The predicted octanol–water partition coefficient (Wildman–Crippen LogP) is 3.44. The molecule has 2 heteroatoms. The number of hydrogen-bond donors (Lipinski definition) is 1. The van der Waals surface area contributed by atoms with E-state index in [1.165, 1.54) is 5.56 Å². The van der Waals surface area contributed by atoms with Crippen molar-refractivity contribution in [2.75, 3.05) is 0 Å². The summed E-state index contributed by atoms with van der Waals surface area (Å²) < 4.78 is 0. The van der Waals surface area contributed by atoms with E-state index in [1.54, 1.807) is 0 Å². The van der Waals surface area contributed by atoms with Crippen molar-refractivity contribution in [2.24, 2.45) is 22.2 Å². The molecule has 3 saturated carbocycles. The van der Waals surface area contributed by atoms with Crippen molar-refractivity contribution in [1.82, 2.24) is 0 Å². The molecule has 1 N–H and O–H groups in total. The quantitative estimate of drug-likeness (QED) is 0.865. The molecule has 0 heterocycles. The summed E-state index contributed by atoms with van der Waals surface area (Å²) in [4.78, 5) is 4.72. The summed E-state index contributed by atoms with van der Waals surface area (Å²) >= 11 is 0. The number of fused-ring (bicyclic) bond motifs is 2. The highest BCUT2D eigenvalue weighted by atomic mass is 16.3. The maximum Gasteiger partial charge on any atom is 0.103 e. The first kappa shape index (κ1) is 12.9. The first-order chi connectivity index (χ1) is 8.92. The topological polar surface area (TPSA) is 32.6 Å². The first-order valence-corrected chi connectivity index (χ1v) is 7.22. The molecule has 0 aromatic heterocycles. The standard InChI is InChI=1S/C17H23NO/c1-16(2)13-9-14(16)17(3,19)15(10-13)18-11-12-7-5-4-6-8-12/h4-8,13-14,19H,9-11H2,1-3H3/t13-,14-,17-/m0/s1. The maximum absolute atomic E-state index is 10.8. The fraction of sp³-hybridized carbons (Fsp3) is 0.588. The van der Waals surface area contributed by atoms with Gasteiger partial charge in [0.25, 0.3) is 0 Å². The predicted molar refractivity (Wildman–Crippen MR) is 78.2 cm³/mol. The third kappa shape index (κ3) is 1.93. The third-order valence-electron chi connectivity index (χ3n) is 5.47. The summed E-state index contributed by atoms with van der Waals surface area (Å²) in [6.45, 7) is 7.22. The molecule has 0 spiro atoms. The van der Waals surface area contributed by atoms with Crippen molar-refractivity contribution in [3.05, 3.63) is 35.9 Å². The van der Waals surface area contributed by atoms with E-state index in [0.29, 0.717) is 18.4 Å². The van der Waals surface area contributed by atoms with E-state index in [-0.39, 0.29) is 5.41 Å². The Morgan fingerprint density at radius 1 is 1.21 bits per heavy atom. The zero-order chi connectivity index (χ0) is 13.7. The van der Waals surface area contributed by atoms with Gasteiger partial charge in [-0.15, -0.1) is 0 Å². The minimum Gasteiger partial charge on any atom is -0.384 e. The molecule has 3 aliphatic carbocycles. The zero-order valence-corrected chi connectivity index (χ0v) is 12.1. The van der Waals surface area contributed by atoms with E-state index in [0.717, 1.165) is 18.6 Å². The molecule has 4 rings (SSSR count). The van der Waals surface area contributed by atoms with E-state index in [9.17, 15) is 5.11 Å². The second-order valence-corrected chi connectivity index (χ2v) is 6.91. The van der Waals surface area contributed by atoms with Gasteiger partial charge in [-0.1, -0.05) is 44.2 Å². The minimum atomic E-state index is -0.715. The molecule has 102 valence electrons. The number of nitrogens with zero attached hydrogens (tertiary/aromatic N) is 1. The van der Waals surface area contributed by atoms with Gasteiger partial charge in [0.2, 0.25) is 0 Å². The summed E-state index contributed by atoms with van der Waals surface area (Å²) in [6, 6.07) is 10.3. The molecule has 2 nitrogen and oxygen atoms in total. The van der Waals surface area contributed by atoms with Crippen LogP contribution < -0.4 is 0 Å². The van der Waals surface area contributed by atoms with Crippen LogP contribution in [0.1, 0.15) is 39.2 Å². The van der Waals surface area contributed by atoms with Crippen molar-refractivity contribution in [1.29, 1.82) is 0 Å². The van der Waals surface area contributed by atoms with Crippen LogP contribution in [0.2, 0.25) is 0 Å². The van der Waals surface area contributed by atoms with Gasteiger partial charge >= 0.3 is 0 Å². The molecule has 0 unspecified atom stereocenters. The molecule has 0 amide bonds. The van der Waals surface area contributed by atoms with Crippen LogP contribution in [0.3, 0.4) is 0 Å². The zero-order valence-electron chi connectivity index (χ0n) is 12.1. The lowest BCUT2D eigenvalue weighted by molar-refractivity contribution is -0.134. The molecule has 3 aliphatic rings. The highest BCUT2D eigenvalue weighted by Crippen LogP contribution is 2.61. The van der Waals surface area contributed by atoms with Crippen LogP contribution >= 0.6 is 0 Å². The van der Waals surface area contributed by atoms with E-state index >= 15 is 0 Å². The lowest BCUT2D eigenvalue weighted by Gasteiger charge is -2.62. The number of rotatable bonds is 2. The molecule has 1 aromatic carbocycles. The maximum atomic E-state index is 10.8. The Labute approximate surface area is 115 Å². The Morgan fingerprint density at radius 3 is 2.47 bits per heavy atom. The lowest BCUT2D eigenvalue weighted by Crippen LogP contribution is -2.64. The number of hydrogen-bond acceptors (Lipinski definition) is 2. The lowest BCUT2D eigenvalue weighted by atomic mass is 9.44. The van der Waals surface area contributed by atoms with Crippen LogP contribution in [0.15, 0.2) is 35.3 Å². The van der Waals surface area contributed by atoms with Crippen molar-refractivity contribution in [3.63, 3.8) is 0 Å². The van der Waals surface area contributed by atoms with Crippen molar-refractivity contribution in [3.8, 4) is 0 Å². The molecule has 3 atom stereocenters. The second-order valence-electron chi connectivity index (χ2n) is 6.91. The Hall–Kier alpha value is -1.15. The normalized spacial score (nSPS) is 38.0. The van der Waals surface area contributed by atoms with Crippen molar-refractivity contribution in [2.45, 2.75) is 45.8 Å². The Morgan fingerprint density at radius 2 is 1.89 bits per heavy atom. The van der Waals surface area contributed by atoms with Gasteiger partial charge in [0.05, 0.1) is 6.54 Å². The first-order valence-electron chi connectivity index (χ1n) is 7.22. The molecule has 19 heavy (non-hydrogen) atoms. The minimum absolute atomic E-state index is 0.273. The summed E-state index contributed by atoms with van der Waals surface area (Å²) in [5, 5.41) is 10.8. The molecule has 0 aliphatic heterocycles. The van der Waals surface area contributed by atoms with Crippen LogP contribution in [0.25, 0.3) is 0 Å². The highest BCUT2D eigenvalue weighted by Gasteiger charge is 2.61. The SMILES string of the molecule is CC1(C)[C@@H]2CC(=NCc3ccccc3)[C@@](C)(O)[C@H]1C2. The Kier molecular flexibility index (Phi) is 2.82. The van der Waals surface area contributed by atoms with Gasteiger partial charge < -0.3 is 5.11 Å². The Bertz CT molecular complexity index is 501. The second kappa shape index (κ2) is 4.17. The van der Waals surface area contributed by atoms with Crippen LogP contribution in [0, 0.1) is 17.3 Å². The van der Waals surface area contributed by atoms with E-state index in [1.807, 2.05) is 25.1 Å². The highest BCUT2D eigenvalue weighted by molar-refractivity contribution is 5.94. The van der Waals surface area contributed by atoms with Gasteiger partial charge in [-0.2, -0.15) is 0 Å². The molecule has 2 bridgehead atoms. The van der Waals surface area contributed by atoms with Crippen LogP contribution in [0.4, 0.5) is 0 Å². The fourth-order valence-corrected chi connectivity index (χ4v) is 3.95. The largest absolute Gasteiger partial charge is 0.384 e. The number of aliphatic imine (C=N–C) groups is 1. The van der Waals surface area contributed by atoms with E-state index in [4.69, 9.17) is 4.99 Å². The Balaban J connectivity index is 1.80. The third-order valence-corrected chi connectivity index (χ3v) is 5.47. The molecular formula is C17H23NO. The van der Waals surface area contributed by atoms with Crippen molar-refractivity contribution >= 4 is 5.71 Å². The molecule has 0 saturated heterocycles. The van der Waals surface area contributed by atoms with Gasteiger partial charge in [-0.25, -0.2) is 0 Å². The fourth-order valence-electron chi connectivity index (χ4n) is 3.95. The monoisotopic (exact) mass is 257 g/mol. The summed E-state index contributed by atoms with van der Waals surface area (Å²) in [5.41, 5.74) is 1.78. The van der Waals surface area contributed by atoms with Gasteiger partial charge in [0, 0.05) is 5.71 Å². The van der Waals surface area contributed by atoms with Crippen LogP contribution in [-0.4, -0.2) is 16.4 Å². The average Bonchev–Trinajstić information content (AvgIpc) is 2.37. The van der Waals surface area contributed by atoms with Gasteiger partial charge in [-0.05, 0) is 42.6 Å². The molecular weight excluding hydrogens is 234 g/mol. The number of benzene rings is 1. The molecule has 1 aromatic rings. The van der Waals surface area contributed by atoms with Gasteiger partial charge in [-0.3, -0.25) is 4.99 Å². The molecule has 3 fully saturated rings. The van der Waals surface area contributed by atoms with Gasteiger partial charge in [0.1, 0.15) is 5.60 Å². The average molecular weight is 257 g/mol. The van der Waals surface area contributed by atoms with Crippen LogP contribution in [0.5, 0.6) is 0 Å². The van der Waals surface area contributed by atoms with Crippen LogP contribution in [-0.2, 0) is 6.54 Å². The van der Waals surface area contributed by atoms with Crippen molar-refractivity contribution < 1.29 is 5.11 Å². The summed E-state index contributed by atoms with van der Waals surface area (Å²) in [5.74, 6) is 1.07. The summed E-state index contributed by atoms with van der Waals surface area (Å²) in [7, 11) is 0. The summed E-state index contributed by atoms with van der Waals surface area (Å²) in [6.07, 6.45) is 2.12. The molecule has 0 radical (unpaired) electrons. The van der Waals surface area contributed by atoms with E-state index < -0.39 is 5.60 Å². The van der Waals surface area contributed by atoms with Gasteiger partial charge in [0.15, 0.2) is 0 Å². The number of aliphatic hydroxyl groups is 1. The smallest absolute Gasteiger partial charge is 0.103 e. The van der Waals surface area contributed by atoms with E-state index in [2.05, 4.69) is 26.0 Å².